The summed E-state index contributed by atoms with van der Waals surface area (Å²) in [6, 6.07) is 0.666. The van der Waals surface area contributed by atoms with Crippen LogP contribution in [-0.2, 0) is 26.9 Å². The van der Waals surface area contributed by atoms with Gasteiger partial charge in [-0.25, -0.2) is 0 Å². The van der Waals surface area contributed by atoms with Gasteiger partial charge >= 0.3 is 0 Å². The zero-order chi connectivity index (χ0) is 25.5. The SMILES string of the molecule is CNC(=O)[C@H](CC(C)C)NC(=O)[C@H](CC(C)C)CP(=O)(O)Cn1c(O)cc(CC(C)C)c1O. The number of rotatable bonds is 13. The zero-order valence-electron chi connectivity index (χ0n) is 21.0. The number of amides is 2. The first kappa shape index (κ1) is 29.0. The second-order valence-electron chi connectivity index (χ2n) is 10.2. The molecule has 0 saturated heterocycles. The molecule has 1 heterocycles. The molecule has 9 nitrogen and oxygen atoms in total. The van der Waals surface area contributed by atoms with Gasteiger partial charge in [0.25, 0.3) is 0 Å². The van der Waals surface area contributed by atoms with Crippen molar-refractivity contribution in [3.8, 4) is 11.8 Å². The lowest BCUT2D eigenvalue weighted by Crippen LogP contribution is -2.48. The lowest BCUT2D eigenvalue weighted by molar-refractivity contribution is -0.131. The Morgan fingerprint density at radius 1 is 1.00 bits per heavy atom. The Hall–Kier alpha value is -1.99. The molecular weight excluding hydrogens is 445 g/mol. The van der Waals surface area contributed by atoms with Gasteiger partial charge in [-0.3, -0.25) is 18.7 Å². The highest BCUT2D eigenvalue weighted by Gasteiger charge is 2.33. The van der Waals surface area contributed by atoms with Crippen molar-refractivity contribution in [1.29, 1.82) is 0 Å². The van der Waals surface area contributed by atoms with Gasteiger partial charge in [0.05, 0.1) is 0 Å². The van der Waals surface area contributed by atoms with E-state index in [0.717, 1.165) is 4.57 Å². The van der Waals surface area contributed by atoms with Crippen LogP contribution in [0.3, 0.4) is 0 Å². The molecule has 0 aliphatic carbocycles. The van der Waals surface area contributed by atoms with Crippen LogP contribution < -0.4 is 10.6 Å². The minimum atomic E-state index is -3.98. The van der Waals surface area contributed by atoms with Gasteiger partial charge in [0, 0.05) is 30.8 Å². The number of likely N-dealkylation sites (N-methyl/N-ethyl adjacent to an activating group) is 1. The van der Waals surface area contributed by atoms with E-state index in [9.17, 15) is 29.3 Å². The molecule has 0 radical (unpaired) electrons. The summed E-state index contributed by atoms with van der Waals surface area (Å²) < 4.78 is 14.1. The quantitative estimate of drug-likeness (QED) is 0.271. The minimum absolute atomic E-state index is 0.0790. The predicted octanol–water partition coefficient (Wildman–Crippen LogP) is 3.26. The molecule has 0 aliphatic heterocycles. The highest BCUT2D eigenvalue weighted by atomic mass is 31.2. The molecule has 1 rings (SSSR count). The van der Waals surface area contributed by atoms with Gasteiger partial charge in [-0.2, -0.15) is 0 Å². The molecule has 10 heteroatoms. The third kappa shape index (κ3) is 9.41. The largest absolute Gasteiger partial charge is 0.494 e. The molecule has 0 bridgehead atoms. The number of hydrogen-bond donors (Lipinski definition) is 5. The first-order valence-electron chi connectivity index (χ1n) is 11.6. The van der Waals surface area contributed by atoms with Crippen molar-refractivity contribution in [3.05, 3.63) is 11.6 Å². The number of carbonyl (C=O) groups is 2. The number of nitrogens with one attached hydrogen (secondary N) is 2. The lowest BCUT2D eigenvalue weighted by Gasteiger charge is -2.25. The summed E-state index contributed by atoms with van der Waals surface area (Å²) >= 11 is 0. The van der Waals surface area contributed by atoms with Crippen LogP contribution in [-0.4, -0.2) is 50.7 Å². The Kier molecular flexibility index (Phi) is 11.0. The second kappa shape index (κ2) is 12.5. The number of nitrogens with zero attached hydrogens (tertiary/aromatic N) is 1. The van der Waals surface area contributed by atoms with E-state index >= 15 is 0 Å². The fraction of sp³-hybridized carbons (Fsp3) is 0.739. The maximum Gasteiger partial charge on any atom is 0.242 e. The van der Waals surface area contributed by atoms with E-state index < -0.39 is 31.5 Å². The van der Waals surface area contributed by atoms with E-state index in [-0.39, 0.29) is 41.6 Å². The van der Waals surface area contributed by atoms with Crippen molar-refractivity contribution in [2.75, 3.05) is 13.2 Å². The van der Waals surface area contributed by atoms with Crippen LogP contribution in [0.2, 0.25) is 0 Å². The Morgan fingerprint density at radius 3 is 2.06 bits per heavy atom. The predicted molar refractivity (Wildman–Crippen MR) is 129 cm³/mol. The minimum Gasteiger partial charge on any atom is -0.494 e. The van der Waals surface area contributed by atoms with Gasteiger partial charge in [-0.1, -0.05) is 41.5 Å². The van der Waals surface area contributed by atoms with Crippen LogP contribution >= 0.6 is 7.37 Å². The number of hydrogen-bond acceptors (Lipinski definition) is 5. The summed E-state index contributed by atoms with van der Waals surface area (Å²) in [5, 5.41) is 26.0. The summed E-state index contributed by atoms with van der Waals surface area (Å²) in [6.07, 6.45) is 0.490. The Labute approximate surface area is 197 Å². The van der Waals surface area contributed by atoms with E-state index in [1.807, 2.05) is 41.5 Å². The van der Waals surface area contributed by atoms with Crippen LogP contribution in [0.1, 0.15) is 59.9 Å². The Balaban J connectivity index is 3.07. The van der Waals surface area contributed by atoms with Gasteiger partial charge in [0.1, 0.15) is 12.3 Å². The summed E-state index contributed by atoms with van der Waals surface area (Å²) in [5.74, 6) is -1.62. The van der Waals surface area contributed by atoms with Gasteiger partial charge in [0.15, 0.2) is 11.8 Å². The second-order valence-corrected chi connectivity index (χ2v) is 12.5. The molecule has 2 amide bonds. The van der Waals surface area contributed by atoms with Crippen molar-refractivity contribution >= 4 is 19.2 Å². The lowest BCUT2D eigenvalue weighted by atomic mass is 9.96. The van der Waals surface area contributed by atoms with E-state index in [2.05, 4.69) is 10.6 Å². The van der Waals surface area contributed by atoms with Crippen LogP contribution in [0.5, 0.6) is 11.8 Å². The molecule has 1 unspecified atom stereocenters. The Morgan fingerprint density at radius 2 is 1.58 bits per heavy atom. The van der Waals surface area contributed by atoms with Crippen molar-refractivity contribution in [2.24, 2.45) is 23.7 Å². The fourth-order valence-corrected chi connectivity index (χ4v) is 5.77. The highest BCUT2D eigenvalue weighted by molar-refractivity contribution is 7.56. The molecule has 0 saturated carbocycles. The Bertz CT molecular complexity index is 849. The molecule has 1 aromatic heterocycles. The van der Waals surface area contributed by atoms with Crippen molar-refractivity contribution in [3.63, 3.8) is 0 Å². The van der Waals surface area contributed by atoms with Crippen LogP contribution in [0.25, 0.3) is 0 Å². The maximum atomic E-state index is 13.1. The normalized spacial score (nSPS) is 15.5. The number of aromatic nitrogens is 1. The third-order valence-electron chi connectivity index (χ3n) is 5.33. The van der Waals surface area contributed by atoms with E-state index in [1.165, 1.54) is 13.1 Å². The molecule has 5 N–H and O–H groups in total. The highest BCUT2D eigenvalue weighted by Crippen LogP contribution is 2.48. The third-order valence-corrected chi connectivity index (χ3v) is 7.07. The standard InChI is InChI=1S/C23H42N3O6P/c1-14(2)8-17-11-20(27)26(23(17)30)13-33(31,32)12-18(9-15(3)4)21(28)25-19(10-16(5)6)22(29)24-7/h11,14-16,18-19,27,30H,8-10,12-13H2,1-7H3,(H,24,29)(H,25,28)(H,31,32)/t18-,19+/m1/s1. The molecule has 0 fully saturated rings. The average Bonchev–Trinajstić information content (AvgIpc) is 2.91. The van der Waals surface area contributed by atoms with E-state index in [4.69, 9.17) is 0 Å². The molecule has 190 valence electrons. The monoisotopic (exact) mass is 487 g/mol. The molecule has 0 aromatic carbocycles. The number of carbonyl (C=O) groups excluding carboxylic acids is 2. The van der Waals surface area contributed by atoms with Crippen molar-refractivity contribution in [1.82, 2.24) is 15.2 Å². The van der Waals surface area contributed by atoms with Crippen LogP contribution in [0, 0.1) is 23.7 Å². The first-order valence-corrected chi connectivity index (χ1v) is 13.6. The van der Waals surface area contributed by atoms with Gasteiger partial charge in [-0.05, 0) is 37.0 Å². The topological polar surface area (TPSA) is 141 Å². The summed E-state index contributed by atoms with van der Waals surface area (Å²) in [5.41, 5.74) is 0.501. The van der Waals surface area contributed by atoms with E-state index in [0.29, 0.717) is 24.8 Å². The molecular formula is C23H42N3O6P. The first-order chi connectivity index (χ1) is 15.2. The summed E-state index contributed by atoms with van der Waals surface area (Å²) in [6.45, 7) is 11.6. The summed E-state index contributed by atoms with van der Waals surface area (Å²) in [4.78, 5) is 36.0. The smallest absolute Gasteiger partial charge is 0.242 e. The average molecular weight is 488 g/mol. The number of aromatic hydroxyl groups is 2. The van der Waals surface area contributed by atoms with Crippen LogP contribution in [0.15, 0.2) is 6.07 Å². The molecule has 0 aliphatic rings. The maximum absolute atomic E-state index is 13.1. The molecule has 3 atom stereocenters. The molecule has 0 spiro atoms. The van der Waals surface area contributed by atoms with Gasteiger partial charge in [-0.15, -0.1) is 0 Å². The van der Waals surface area contributed by atoms with Gasteiger partial charge in [0.2, 0.25) is 19.2 Å². The van der Waals surface area contributed by atoms with Crippen molar-refractivity contribution in [2.45, 2.75) is 73.1 Å². The van der Waals surface area contributed by atoms with E-state index in [1.54, 1.807) is 0 Å². The van der Waals surface area contributed by atoms with Crippen molar-refractivity contribution < 1.29 is 29.3 Å². The zero-order valence-corrected chi connectivity index (χ0v) is 21.9. The summed E-state index contributed by atoms with van der Waals surface area (Å²) in [7, 11) is -2.48. The fourth-order valence-electron chi connectivity index (χ4n) is 3.93. The van der Waals surface area contributed by atoms with Crippen LogP contribution in [0.4, 0.5) is 0 Å². The van der Waals surface area contributed by atoms with Gasteiger partial charge < -0.3 is 25.7 Å². The molecule has 33 heavy (non-hydrogen) atoms. The molecule has 1 aromatic rings.